The van der Waals surface area contributed by atoms with E-state index in [2.05, 4.69) is 5.32 Å². The predicted octanol–water partition coefficient (Wildman–Crippen LogP) is 3.98. The standard InChI is InChI=1S/C19H21NO4S/c1-13(19(21)20-15-6-3-4-7-16(15)22-2)25-14-8-9-17-18(12-14)24-11-5-10-23-17/h3-4,6-9,12-13H,5,10-11H2,1-2H3,(H,20,21). The third-order valence-electron chi connectivity index (χ3n) is 3.77. The second-order valence-electron chi connectivity index (χ2n) is 5.61. The molecule has 0 aromatic heterocycles. The molecule has 6 heteroatoms. The summed E-state index contributed by atoms with van der Waals surface area (Å²) in [6.45, 7) is 3.18. The first-order chi connectivity index (χ1) is 12.2. The Hall–Kier alpha value is -2.34. The molecule has 25 heavy (non-hydrogen) atoms. The van der Waals surface area contributed by atoms with Crippen LogP contribution in [0.5, 0.6) is 17.2 Å². The Bertz CT molecular complexity index is 750. The maximum atomic E-state index is 12.5. The third-order valence-corrected chi connectivity index (χ3v) is 4.86. The molecule has 2 aromatic rings. The number of ether oxygens (including phenoxy) is 3. The van der Waals surface area contributed by atoms with Gasteiger partial charge in [-0.25, -0.2) is 0 Å². The lowest BCUT2D eigenvalue weighted by atomic mass is 10.3. The van der Waals surface area contributed by atoms with Gasteiger partial charge in [0.05, 0.1) is 31.3 Å². The van der Waals surface area contributed by atoms with Crippen LogP contribution in [0.3, 0.4) is 0 Å². The molecule has 1 heterocycles. The Morgan fingerprint density at radius 3 is 2.72 bits per heavy atom. The number of rotatable bonds is 5. The summed E-state index contributed by atoms with van der Waals surface area (Å²) in [5, 5.41) is 2.64. The van der Waals surface area contributed by atoms with E-state index in [4.69, 9.17) is 14.2 Å². The molecule has 0 radical (unpaired) electrons. The van der Waals surface area contributed by atoms with Gasteiger partial charge in [0.2, 0.25) is 5.91 Å². The minimum Gasteiger partial charge on any atom is -0.495 e. The van der Waals surface area contributed by atoms with Crippen molar-refractivity contribution in [2.75, 3.05) is 25.6 Å². The summed E-state index contributed by atoms with van der Waals surface area (Å²) < 4.78 is 16.6. The Labute approximate surface area is 151 Å². The number of carbonyl (C=O) groups excluding carboxylic acids is 1. The molecule has 0 fully saturated rings. The Balaban J connectivity index is 1.66. The number of fused-ring (bicyclic) bond motifs is 1. The number of thioether (sulfide) groups is 1. The molecule has 1 N–H and O–H groups in total. The van der Waals surface area contributed by atoms with Crippen molar-refractivity contribution in [1.82, 2.24) is 0 Å². The average molecular weight is 359 g/mol. The van der Waals surface area contributed by atoms with Gasteiger partial charge in [-0.1, -0.05) is 12.1 Å². The second kappa shape index (κ2) is 8.16. The van der Waals surface area contributed by atoms with Crippen LogP contribution in [-0.4, -0.2) is 31.5 Å². The summed E-state index contributed by atoms with van der Waals surface area (Å²) in [6.07, 6.45) is 0.870. The highest BCUT2D eigenvalue weighted by atomic mass is 32.2. The van der Waals surface area contributed by atoms with Gasteiger partial charge in [0, 0.05) is 11.3 Å². The first-order valence-electron chi connectivity index (χ1n) is 8.17. The summed E-state index contributed by atoms with van der Waals surface area (Å²) >= 11 is 1.48. The summed E-state index contributed by atoms with van der Waals surface area (Å²) in [5.41, 5.74) is 0.668. The van der Waals surface area contributed by atoms with Crippen molar-refractivity contribution in [2.45, 2.75) is 23.5 Å². The number of hydrogen-bond donors (Lipinski definition) is 1. The van der Waals surface area contributed by atoms with Crippen molar-refractivity contribution in [3.63, 3.8) is 0 Å². The van der Waals surface area contributed by atoms with Crippen molar-refractivity contribution in [2.24, 2.45) is 0 Å². The van der Waals surface area contributed by atoms with Crippen molar-refractivity contribution < 1.29 is 19.0 Å². The van der Waals surface area contributed by atoms with Crippen LogP contribution < -0.4 is 19.5 Å². The number of carbonyl (C=O) groups is 1. The number of hydrogen-bond acceptors (Lipinski definition) is 5. The molecule has 5 nitrogen and oxygen atoms in total. The smallest absolute Gasteiger partial charge is 0.237 e. The Morgan fingerprint density at radius 2 is 1.92 bits per heavy atom. The number of methoxy groups -OCH3 is 1. The summed E-state index contributed by atoms with van der Waals surface area (Å²) in [4.78, 5) is 13.5. The molecule has 1 atom stereocenters. The van der Waals surface area contributed by atoms with Crippen molar-refractivity contribution in [1.29, 1.82) is 0 Å². The number of para-hydroxylation sites is 2. The summed E-state index contributed by atoms with van der Waals surface area (Å²) in [5.74, 6) is 2.05. The van der Waals surface area contributed by atoms with Crippen LogP contribution in [0.2, 0.25) is 0 Å². The fourth-order valence-corrected chi connectivity index (χ4v) is 3.35. The van der Waals surface area contributed by atoms with Gasteiger partial charge in [-0.05, 0) is 37.3 Å². The summed E-state index contributed by atoms with van der Waals surface area (Å²) in [6, 6.07) is 13.1. The molecule has 0 saturated carbocycles. The zero-order valence-corrected chi connectivity index (χ0v) is 15.1. The minimum absolute atomic E-state index is 0.0818. The van der Waals surface area contributed by atoms with E-state index in [0.717, 1.165) is 22.8 Å². The Kier molecular flexibility index (Phi) is 5.71. The van der Waals surface area contributed by atoms with Crippen molar-refractivity contribution in [3.05, 3.63) is 42.5 Å². The monoisotopic (exact) mass is 359 g/mol. The molecule has 1 aliphatic rings. The SMILES string of the molecule is COc1ccccc1NC(=O)C(C)Sc1ccc2c(c1)OCCCO2. The van der Waals surface area contributed by atoms with Gasteiger partial charge in [0.15, 0.2) is 11.5 Å². The van der Waals surface area contributed by atoms with E-state index in [1.165, 1.54) is 11.8 Å². The number of benzene rings is 2. The zero-order valence-electron chi connectivity index (χ0n) is 14.3. The fourth-order valence-electron chi connectivity index (χ4n) is 2.46. The fraction of sp³-hybridized carbons (Fsp3) is 0.316. The highest BCUT2D eigenvalue weighted by Crippen LogP contribution is 2.35. The van der Waals surface area contributed by atoms with Gasteiger partial charge < -0.3 is 19.5 Å². The average Bonchev–Trinajstić information content (AvgIpc) is 2.87. The van der Waals surface area contributed by atoms with E-state index >= 15 is 0 Å². The van der Waals surface area contributed by atoms with Crippen LogP contribution in [-0.2, 0) is 4.79 Å². The van der Waals surface area contributed by atoms with E-state index in [0.29, 0.717) is 24.7 Å². The van der Waals surface area contributed by atoms with Gasteiger partial charge in [0.1, 0.15) is 5.75 Å². The van der Waals surface area contributed by atoms with Crippen LogP contribution in [0, 0.1) is 0 Å². The van der Waals surface area contributed by atoms with Gasteiger partial charge in [-0.3, -0.25) is 4.79 Å². The lowest BCUT2D eigenvalue weighted by Crippen LogP contribution is -2.22. The number of nitrogens with one attached hydrogen (secondary N) is 1. The van der Waals surface area contributed by atoms with E-state index in [9.17, 15) is 4.79 Å². The maximum Gasteiger partial charge on any atom is 0.237 e. The molecular formula is C19H21NO4S. The first-order valence-corrected chi connectivity index (χ1v) is 9.05. The molecular weight excluding hydrogens is 338 g/mol. The zero-order chi connectivity index (χ0) is 17.6. The minimum atomic E-state index is -0.269. The second-order valence-corrected chi connectivity index (χ2v) is 7.02. The summed E-state index contributed by atoms with van der Waals surface area (Å²) in [7, 11) is 1.58. The lowest BCUT2D eigenvalue weighted by molar-refractivity contribution is -0.115. The molecule has 3 rings (SSSR count). The molecule has 1 aliphatic heterocycles. The van der Waals surface area contributed by atoms with Crippen LogP contribution in [0.15, 0.2) is 47.4 Å². The quantitative estimate of drug-likeness (QED) is 0.819. The third kappa shape index (κ3) is 4.39. The number of anilines is 1. The van der Waals surface area contributed by atoms with Gasteiger partial charge in [0.25, 0.3) is 0 Å². The highest BCUT2D eigenvalue weighted by Gasteiger charge is 2.18. The van der Waals surface area contributed by atoms with Crippen LogP contribution in [0.25, 0.3) is 0 Å². The van der Waals surface area contributed by atoms with E-state index in [-0.39, 0.29) is 11.2 Å². The molecule has 0 spiro atoms. The van der Waals surface area contributed by atoms with Gasteiger partial charge in [-0.15, -0.1) is 11.8 Å². The van der Waals surface area contributed by atoms with E-state index in [1.807, 2.05) is 49.4 Å². The molecule has 0 aliphatic carbocycles. The molecule has 0 bridgehead atoms. The molecule has 2 aromatic carbocycles. The molecule has 132 valence electrons. The van der Waals surface area contributed by atoms with Crippen LogP contribution >= 0.6 is 11.8 Å². The topological polar surface area (TPSA) is 56.8 Å². The largest absolute Gasteiger partial charge is 0.495 e. The Morgan fingerprint density at radius 1 is 1.16 bits per heavy atom. The van der Waals surface area contributed by atoms with Gasteiger partial charge in [-0.2, -0.15) is 0 Å². The molecule has 0 saturated heterocycles. The maximum absolute atomic E-state index is 12.5. The van der Waals surface area contributed by atoms with E-state index < -0.39 is 0 Å². The molecule has 1 unspecified atom stereocenters. The van der Waals surface area contributed by atoms with Crippen LogP contribution in [0.4, 0.5) is 5.69 Å². The lowest BCUT2D eigenvalue weighted by Gasteiger charge is -2.15. The van der Waals surface area contributed by atoms with E-state index in [1.54, 1.807) is 7.11 Å². The predicted molar refractivity (Wildman–Crippen MR) is 99.0 cm³/mol. The van der Waals surface area contributed by atoms with Crippen molar-refractivity contribution in [3.8, 4) is 17.2 Å². The number of amides is 1. The highest BCUT2D eigenvalue weighted by molar-refractivity contribution is 8.00. The normalized spacial score (nSPS) is 14.3. The first kappa shape index (κ1) is 17.5. The van der Waals surface area contributed by atoms with Crippen LogP contribution in [0.1, 0.15) is 13.3 Å². The van der Waals surface area contributed by atoms with Gasteiger partial charge >= 0.3 is 0 Å². The van der Waals surface area contributed by atoms with Crippen molar-refractivity contribution >= 4 is 23.4 Å². The molecule has 1 amide bonds.